The van der Waals surface area contributed by atoms with Gasteiger partial charge < -0.3 is 14.4 Å². The van der Waals surface area contributed by atoms with Gasteiger partial charge in [0, 0.05) is 52.5 Å². The molecule has 53 heavy (non-hydrogen) atoms. The molecule has 0 fully saturated rings. The molecule has 5 rings (SSSR count). The van der Waals surface area contributed by atoms with Crippen LogP contribution in [-0.4, -0.2) is 75.0 Å². The van der Waals surface area contributed by atoms with Crippen LogP contribution < -0.4 is 14.4 Å². The molecular formula is C40H52ClN2O8S2+. The predicted molar refractivity (Wildman–Crippen MR) is 213 cm³/mol. The third kappa shape index (κ3) is 8.62. The molecule has 10 nitrogen and oxygen atoms in total. The van der Waals surface area contributed by atoms with E-state index >= 15 is 0 Å². The molecule has 0 saturated carbocycles. The molecule has 0 bridgehead atoms. The van der Waals surface area contributed by atoms with Crippen molar-refractivity contribution < 1.29 is 40.0 Å². The van der Waals surface area contributed by atoms with Crippen LogP contribution in [0.15, 0.2) is 70.4 Å². The molecule has 0 spiro atoms. The highest BCUT2D eigenvalue weighted by molar-refractivity contribution is 7.86. The Bertz CT molecular complexity index is 2180. The van der Waals surface area contributed by atoms with Crippen molar-refractivity contribution in [3.05, 3.63) is 92.7 Å². The van der Waals surface area contributed by atoms with Crippen LogP contribution in [0.1, 0.15) is 82.1 Å². The van der Waals surface area contributed by atoms with Crippen LogP contribution in [0.25, 0.3) is 0 Å². The van der Waals surface area contributed by atoms with E-state index in [9.17, 15) is 25.9 Å². The van der Waals surface area contributed by atoms with E-state index < -0.39 is 31.1 Å². The van der Waals surface area contributed by atoms with E-state index in [0.717, 1.165) is 86.9 Å². The molecule has 0 saturated heterocycles. The molecule has 2 heterocycles. The van der Waals surface area contributed by atoms with Gasteiger partial charge >= 0.3 is 0 Å². The number of methoxy groups -OCH3 is 2. The summed E-state index contributed by atoms with van der Waals surface area (Å²) in [7, 11) is -4.92. The highest BCUT2D eigenvalue weighted by Crippen LogP contribution is 2.50. The molecular weight excluding hydrogens is 736 g/mol. The zero-order chi connectivity index (χ0) is 39.1. The number of fused-ring (bicyclic) bond motifs is 2. The van der Waals surface area contributed by atoms with Crippen molar-refractivity contribution in [2.75, 3.05) is 43.7 Å². The van der Waals surface area contributed by atoms with Gasteiger partial charge in [-0.05, 0) is 105 Å². The van der Waals surface area contributed by atoms with Crippen LogP contribution in [0.4, 0.5) is 11.4 Å². The maximum atomic E-state index is 11.6. The molecule has 2 aromatic carbocycles. The van der Waals surface area contributed by atoms with Crippen LogP contribution in [0.2, 0.25) is 0 Å². The summed E-state index contributed by atoms with van der Waals surface area (Å²) in [5.74, 6) is 0.890. The summed E-state index contributed by atoms with van der Waals surface area (Å²) in [5, 5.41) is 0.678. The fourth-order valence-corrected chi connectivity index (χ4v) is 9.20. The van der Waals surface area contributed by atoms with Gasteiger partial charge in [-0.15, -0.1) is 0 Å². The van der Waals surface area contributed by atoms with Gasteiger partial charge in [0.2, 0.25) is 5.69 Å². The highest BCUT2D eigenvalue weighted by atomic mass is 35.5. The highest BCUT2D eigenvalue weighted by Gasteiger charge is 2.45. The number of nitrogens with zero attached hydrogens (tertiary/aromatic N) is 2. The van der Waals surface area contributed by atoms with Crippen molar-refractivity contribution in [3.63, 3.8) is 0 Å². The van der Waals surface area contributed by atoms with E-state index in [0.29, 0.717) is 18.1 Å². The van der Waals surface area contributed by atoms with Gasteiger partial charge in [-0.25, -0.2) is 0 Å². The van der Waals surface area contributed by atoms with Crippen molar-refractivity contribution in [3.8, 4) is 11.5 Å². The Kier molecular flexibility index (Phi) is 11.8. The number of allylic oxidation sites excluding steroid dienone is 8. The van der Waals surface area contributed by atoms with Crippen LogP contribution >= 0.6 is 11.6 Å². The molecule has 13 heteroatoms. The van der Waals surface area contributed by atoms with E-state index in [2.05, 4.69) is 85.7 Å². The van der Waals surface area contributed by atoms with Gasteiger partial charge in [0.25, 0.3) is 20.2 Å². The second-order valence-electron chi connectivity index (χ2n) is 15.2. The number of anilines is 1. The fourth-order valence-electron chi connectivity index (χ4n) is 7.90. The molecule has 2 N–H and O–H groups in total. The summed E-state index contributed by atoms with van der Waals surface area (Å²) >= 11 is 7.17. The molecule has 0 unspecified atom stereocenters. The topological polar surface area (TPSA) is 133 Å². The molecule has 1 aliphatic carbocycles. The van der Waals surface area contributed by atoms with E-state index in [4.69, 9.17) is 21.1 Å². The number of benzene rings is 2. The second-order valence-corrected chi connectivity index (χ2v) is 18.7. The number of hydrogen-bond acceptors (Lipinski definition) is 7. The van der Waals surface area contributed by atoms with Crippen molar-refractivity contribution >= 4 is 48.9 Å². The van der Waals surface area contributed by atoms with E-state index in [-0.39, 0.29) is 24.3 Å². The Morgan fingerprint density at radius 2 is 1.43 bits per heavy atom. The number of halogens is 1. The predicted octanol–water partition coefficient (Wildman–Crippen LogP) is 8.09. The van der Waals surface area contributed by atoms with Crippen LogP contribution in [0, 0.1) is 13.8 Å². The van der Waals surface area contributed by atoms with Gasteiger partial charge in [-0.1, -0.05) is 37.6 Å². The maximum absolute atomic E-state index is 11.6. The summed E-state index contributed by atoms with van der Waals surface area (Å²) in [6.07, 6.45) is 11.3. The average Bonchev–Trinajstić information content (AvgIpc) is 3.38. The quantitative estimate of drug-likeness (QED) is 0.153. The summed E-state index contributed by atoms with van der Waals surface area (Å²) in [5.41, 5.74) is 9.12. The largest absolute Gasteiger partial charge is 0.496 e. The fraction of sp³-hybridized carbons (Fsp3) is 0.475. The van der Waals surface area contributed by atoms with Crippen molar-refractivity contribution in [1.82, 2.24) is 0 Å². The van der Waals surface area contributed by atoms with Crippen LogP contribution in [-0.2, 0) is 31.1 Å². The molecule has 288 valence electrons. The number of ether oxygens (including phenoxy) is 2. The zero-order valence-corrected chi connectivity index (χ0v) is 34.3. The lowest BCUT2D eigenvalue weighted by Gasteiger charge is -2.27. The third-order valence-electron chi connectivity index (χ3n) is 10.7. The SMILES string of the molecule is COc1cc2c(cc1C)[N+](CCCS(=O)(=O)O)=C(/C=C/C1=C(Cl)C(=C/C=C3\N(CCCS(=O)(=O)O)c4cc(C)c(OC)cc4C3(C)C)/CCC1)C2(C)C. The van der Waals surface area contributed by atoms with Crippen molar-refractivity contribution in [2.24, 2.45) is 0 Å². The summed E-state index contributed by atoms with van der Waals surface area (Å²) in [6.45, 7) is 13.3. The summed E-state index contributed by atoms with van der Waals surface area (Å²) in [4.78, 5) is 2.13. The Balaban J connectivity index is 1.53. The molecule has 0 atom stereocenters. The monoisotopic (exact) mass is 787 g/mol. The normalized spacial score (nSPS) is 19.9. The van der Waals surface area contributed by atoms with Crippen LogP contribution in [0.5, 0.6) is 11.5 Å². The Morgan fingerprint density at radius 1 is 0.830 bits per heavy atom. The van der Waals surface area contributed by atoms with Gasteiger partial charge in [0.1, 0.15) is 18.0 Å². The summed E-state index contributed by atoms with van der Waals surface area (Å²) < 4.78 is 78.7. The molecule has 0 amide bonds. The lowest BCUT2D eigenvalue weighted by Crippen LogP contribution is -2.28. The first-order chi connectivity index (χ1) is 24.7. The lowest BCUT2D eigenvalue weighted by atomic mass is 9.80. The smallest absolute Gasteiger partial charge is 0.265 e. The Labute approximate surface area is 320 Å². The maximum Gasteiger partial charge on any atom is 0.265 e. The number of aryl methyl sites for hydroxylation is 2. The zero-order valence-electron chi connectivity index (χ0n) is 31.9. The molecule has 0 radical (unpaired) electrons. The van der Waals surface area contributed by atoms with Crippen LogP contribution in [0.3, 0.4) is 0 Å². The van der Waals surface area contributed by atoms with Gasteiger partial charge in [0.15, 0.2) is 5.71 Å². The molecule has 2 aliphatic heterocycles. The Morgan fingerprint density at radius 3 is 2.06 bits per heavy atom. The molecule has 0 aromatic heterocycles. The minimum Gasteiger partial charge on any atom is -0.496 e. The van der Waals surface area contributed by atoms with Crippen molar-refractivity contribution in [2.45, 2.75) is 84.5 Å². The molecule has 2 aromatic rings. The lowest BCUT2D eigenvalue weighted by molar-refractivity contribution is -0.437. The second kappa shape index (κ2) is 15.4. The van der Waals surface area contributed by atoms with Crippen molar-refractivity contribution in [1.29, 1.82) is 0 Å². The molecule has 3 aliphatic rings. The number of hydrogen-bond donors (Lipinski definition) is 2. The van der Waals surface area contributed by atoms with E-state index in [1.165, 1.54) is 0 Å². The first-order valence-electron chi connectivity index (χ1n) is 17.9. The standard InChI is InChI=1S/C40H51ClN2O8S2/c1-26-22-32-30(24-34(26)50-7)39(3,4)36(42(32)18-10-20-52(44,45)46)16-14-28-12-9-13-29(38(28)41)15-17-37-40(5,6)31-25-35(51-8)27(2)23-33(31)43(37)19-11-21-53(47,48)49/h14-17,22-25H,9-13,18-21H2,1-8H3,(H-,44,45,46,47,48,49)/p+1. The number of rotatable bonds is 13. The van der Waals surface area contributed by atoms with Gasteiger partial charge in [-0.3, -0.25) is 9.11 Å². The minimum atomic E-state index is -4.11. The van der Waals surface area contributed by atoms with Gasteiger partial charge in [0.05, 0.1) is 31.1 Å². The minimum absolute atomic E-state index is 0.251. The van der Waals surface area contributed by atoms with E-state index in [1.807, 2.05) is 13.8 Å². The van der Waals surface area contributed by atoms with E-state index in [1.54, 1.807) is 14.2 Å². The first-order valence-corrected chi connectivity index (χ1v) is 21.5. The average molecular weight is 788 g/mol. The van der Waals surface area contributed by atoms with Gasteiger partial charge in [-0.2, -0.15) is 21.4 Å². The summed E-state index contributed by atoms with van der Waals surface area (Å²) in [6, 6.07) is 8.23. The first kappa shape index (κ1) is 40.8. The Hall–Kier alpha value is -3.42. The third-order valence-corrected chi connectivity index (χ3v) is 12.8.